The molecule has 1 N–H and O–H groups in total. The number of pyridine rings is 1. The molecule has 2 rings (SSSR count). The fourth-order valence-corrected chi connectivity index (χ4v) is 1.60. The van der Waals surface area contributed by atoms with Gasteiger partial charge >= 0.3 is 0 Å². The summed E-state index contributed by atoms with van der Waals surface area (Å²) in [6.07, 6.45) is 5.03. The van der Waals surface area contributed by atoms with E-state index in [1.54, 1.807) is 6.20 Å². The summed E-state index contributed by atoms with van der Waals surface area (Å²) in [6.45, 7) is 4.01. The summed E-state index contributed by atoms with van der Waals surface area (Å²) < 4.78 is 0.800. The summed E-state index contributed by atoms with van der Waals surface area (Å²) in [4.78, 5) is 7.58. The summed E-state index contributed by atoms with van der Waals surface area (Å²) in [5.41, 5.74) is 2.66. The maximum absolute atomic E-state index is 11.1. The summed E-state index contributed by atoms with van der Waals surface area (Å²) >= 11 is 0. The van der Waals surface area contributed by atoms with E-state index in [1.807, 2.05) is 6.92 Å². The number of aryl methyl sites for hydroxylation is 2. The lowest BCUT2D eigenvalue weighted by Crippen LogP contribution is -2.24. The second kappa shape index (κ2) is 3.29. The number of nitrogens with zero attached hydrogens (tertiary/aromatic N) is 2. The largest absolute Gasteiger partial charge is 0.619 e. The maximum Gasteiger partial charge on any atom is 0.208 e. The van der Waals surface area contributed by atoms with Crippen LogP contribution in [-0.4, -0.2) is 9.97 Å². The Morgan fingerprint density at radius 1 is 1.50 bits per heavy atom. The average molecular weight is 191 g/mol. The predicted octanol–water partition coefficient (Wildman–Crippen LogP) is 1.46. The van der Waals surface area contributed by atoms with Crippen molar-refractivity contribution in [2.45, 2.75) is 26.7 Å². The highest BCUT2D eigenvalue weighted by molar-refractivity contribution is 5.76. The van der Waals surface area contributed by atoms with Gasteiger partial charge in [-0.3, -0.25) is 0 Å². The van der Waals surface area contributed by atoms with Gasteiger partial charge in [-0.2, -0.15) is 4.73 Å². The lowest BCUT2D eigenvalue weighted by Gasteiger charge is -1.96. The molecule has 0 fully saturated rings. The van der Waals surface area contributed by atoms with Gasteiger partial charge in [-0.1, -0.05) is 6.92 Å². The SMILES string of the molecule is CCCc1nc2c[n+]([O-])cc(C)c2[nH]1. The van der Waals surface area contributed by atoms with E-state index in [-0.39, 0.29) is 0 Å². The monoisotopic (exact) mass is 191 g/mol. The second-order valence-corrected chi connectivity index (χ2v) is 3.49. The van der Waals surface area contributed by atoms with Gasteiger partial charge in [-0.15, -0.1) is 0 Å². The Balaban J connectivity index is 2.58. The number of hydrogen-bond donors (Lipinski definition) is 1. The van der Waals surface area contributed by atoms with Crippen LogP contribution in [-0.2, 0) is 6.42 Å². The van der Waals surface area contributed by atoms with Crippen molar-refractivity contribution in [3.05, 3.63) is 29.0 Å². The van der Waals surface area contributed by atoms with E-state index in [0.29, 0.717) is 0 Å². The molecule has 2 aromatic rings. The Morgan fingerprint density at radius 2 is 2.29 bits per heavy atom. The third-order valence-corrected chi connectivity index (χ3v) is 2.23. The van der Waals surface area contributed by atoms with Crippen LogP contribution in [0.1, 0.15) is 24.7 Å². The molecule has 14 heavy (non-hydrogen) atoms. The molecule has 4 heteroatoms. The Morgan fingerprint density at radius 3 is 3.00 bits per heavy atom. The van der Waals surface area contributed by atoms with Crippen LogP contribution in [0, 0.1) is 12.1 Å². The van der Waals surface area contributed by atoms with E-state index in [4.69, 9.17) is 0 Å². The number of nitrogens with one attached hydrogen (secondary N) is 1. The Hall–Kier alpha value is -1.58. The zero-order chi connectivity index (χ0) is 10.1. The molecule has 2 heterocycles. The van der Waals surface area contributed by atoms with Crippen molar-refractivity contribution in [2.75, 3.05) is 0 Å². The fraction of sp³-hybridized carbons (Fsp3) is 0.400. The van der Waals surface area contributed by atoms with E-state index < -0.39 is 0 Å². The number of aromatic nitrogens is 3. The Kier molecular flexibility index (Phi) is 2.11. The van der Waals surface area contributed by atoms with Gasteiger partial charge < -0.3 is 10.2 Å². The van der Waals surface area contributed by atoms with Gasteiger partial charge in [0.1, 0.15) is 5.82 Å². The molecule has 0 saturated carbocycles. The van der Waals surface area contributed by atoms with Crippen LogP contribution in [0.25, 0.3) is 11.0 Å². The second-order valence-electron chi connectivity index (χ2n) is 3.49. The molecule has 2 aromatic heterocycles. The van der Waals surface area contributed by atoms with E-state index >= 15 is 0 Å². The third-order valence-electron chi connectivity index (χ3n) is 2.23. The first-order valence-corrected chi connectivity index (χ1v) is 4.78. The van der Waals surface area contributed by atoms with E-state index in [1.165, 1.54) is 6.20 Å². The van der Waals surface area contributed by atoms with Gasteiger partial charge in [0, 0.05) is 12.0 Å². The van der Waals surface area contributed by atoms with Crippen molar-refractivity contribution in [1.82, 2.24) is 9.97 Å². The van der Waals surface area contributed by atoms with Gasteiger partial charge in [0.15, 0.2) is 11.7 Å². The quantitative estimate of drug-likeness (QED) is 0.577. The first-order valence-electron chi connectivity index (χ1n) is 4.78. The molecule has 0 atom stereocenters. The van der Waals surface area contributed by atoms with Crippen LogP contribution >= 0.6 is 0 Å². The molecule has 4 nitrogen and oxygen atoms in total. The number of imidazole rings is 1. The molecule has 0 amide bonds. The molecule has 0 spiro atoms. The molecule has 0 saturated heterocycles. The first kappa shape index (κ1) is 8.99. The van der Waals surface area contributed by atoms with Crippen LogP contribution in [0.4, 0.5) is 0 Å². The number of rotatable bonds is 2. The molecular weight excluding hydrogens is 178 g/mol. The number of aromatic amines is 1. The maximum atomic E-state index is 11.1. The van der Waals surface area contributed by atoms with E-state index in [2.05, 4.69) is 16.9 Å². The van der Waals surface area contributed by atoms with E-state index in [9.17, 15) is 5.21 Å². The first-order chi connectivity index (χ1) is 6.70. The summed E-state index contributed by atoms with van der Waals surface area (Å²) in [5, 5.41) is 11.1. The molecule has 0 radical (unpaired) electrons. The molecular formula is C10H13N3O. The fourth-order valence-electron chi connectivity index (χ4n) is 1.60. The van der Waals surface area contributed by atoms with Crippen LogP contribution in [0.15, 0.2) is 12.4 Å². The van der Waals surface area contributed by atoms with Gasteiger partial charge in [0.25, 0.3) is 0 Å². The van der Waals surface area contributed by atoms with Crippen molar-refractivity contribution < 1.29 is 4.73 Å². The number of hydrogen-bond acceptors (Lipinski definition) is 2. The zero-order valence-electron chi connectivity index (χ0n) is 8.37. The van der Waals surface area contributed by atoms with Crippen molar-refractivity contribution >= 4 is 11.0 Å². The van der Waals surface area contributed by atoms with Crippen molar-refractivity contribution in [2.24, 2.45) is 0 Å². The average Bonchev–Trinajstić information content (AvgIpc) is 2.48. The number of fused-ring (bicyclic) bond motifs is 1. The highest BCUT2D eigenvalue weighted by Gasteiger charge is 2.08. The van der Waals surface area contributed by atoms with Crippen LogP contribution in [0.3, 0.4) is 0 Å². The lowest BCUT2D eigenvalue weighted by molar-refractivity contribution is -0.604. The third kappa shape index (κ3) is 1.43. The summed E-state index contributed by atoms with van der Waals surface area (Å²) in [6, 6.07) is 0. The van der Waals surface area contributed by atoms with Crippen molar-refractivity contribution in [1.29, 1.82) is 0 Å². The molecule has 0 bridgehead atoms. The molecule has 74 valence electrons. The van der Waals surface area contributed by atoms with Gasteiger partial charge in [0.2, 0.25) is 6.20 Å². The normalized spacial score (nSPS) is 11.0. The minimum Gasteiger partial charge on any atom is -0.619 e. The summed E-state index contributed by atoms with van der Waals surface area (Å²) in [7, 11) is 0. The smallest absolute Gasteiger partial charge is 0.208 e. The topological polar surface area (TPSA) is 55.6 Å². The highest BCUT2D eigenvalue weighted by atomic mass is 16.5. The van der Waals surface area contributed by atoms with Crippen molar-refractivity contribution in [3.8, 4) is 0 Å². The molecule has 0 aliphatic heterocycles. The Bertz CT molecular complexity index is 462. The number of H-pyrrole nitrogens is 1. The molecule has 0 aliphatic rings. The summed E-state index contributed by atoms with van der Waals surface area (Å²) in [5.74, 6) is 0.955. The predicted molar refractivity (Wildman–Crippen MR) is 53.8 cm³/mol. The van der Waals surface area contributed by atoms with Crippen LogP contribution in [0.5, 0.6) is 0 Å². The van der Waals surface area contributed by atoms with Gasteiger partial charge in [0.05, 0.1) is 5.52 Å². The molecule has 0 aromatic carbocycles. The standard InChI is InChI=1S/C10H13N3O/c1-3-4-9-11-8-6-13(14)5-7(2)10(8)12-9/h5-6H,3-4H2,1-2H3,(H,11,12). The zero-order valence-corrected chi connectivity index (χ0v) is 8.37. The minimum atomic E-state index is 0.753. The minimum absolute atomic E-state index is 0.753. The van der Waals surface area contributed by atoms with E-state index in [0.717, 1.165) is 40.0 Å². The molecule has 0 unspecified atom stereocenters. The lowest BCUT2D eigenvalue weighted by atomic mass is 10.3. The Labute approximate surface area is 82.2 Å². The van der Waals surface area contributed by atoms with Gasteiger partial charge in [-0.05, 0) is 13.3 Å². The van der Waals surface area contributed by atoms with Crippen LogP contribution in [0.2, 0.25) is 0 Å². The van der Waals surface area contributed by atoms with Gasteiger partial charge in [-0.25, -0.2) is 4.98 Å². The van der Waals surface area contributed by atoms with Crippen LogP contribution < -0.4 is 4.73 Å². The highest BCUT2D eigenvalue weighted by Crippen LogP contribution is 2.13. The molecule has 0 aliphatic carbocycles. The van der Waals surface area contributed by atoms with Crippen molar-refractivity contribution in [3.63, 3.8) is 0 Å².